The Morgan fingerprint density at radius 3 is 2.83 bits per heavy atom. The van der Waals surface area contributed by atoms with Crippen molar-refractivity contribution in [3.05, 3.63) is 64.5 Å². The van der Waals surface area contributed by atoms with Crippen LogP contribution in [0.4, 0.5) is 5.13 Å². The van der Waals surface area contributed by atoms with Crippen LogP contribution >= 0.6 is 22.9 Å². The molecule has 1 saturated heterocycles. The van der Waals surface area contributed by atoms with Gasteiger partial charge in [0.25, 0.3) is 0 Å². The normalized spacial score (nSPS) is 16.0. The van der Waals surface area contributed by atoms with Gasteiger partial charge in [-0.3, -0.25) is 9.59 Å². The molecule has 30 heavy (non-hydrogen) atoms. The Balaban J connectivity index is 1.39. The van der Waals surface area contributed by atoms with E-state index in [0.29, 0.717) is 34.7 Å². The number of halogens is 1. The second-order valence-corrected chi connectivity index (χ2v) is 8.30. The number of benzene rings is 2. The summed E-state index contributed by atoms with van der Waals surface area (Å²) in [6.45, 7) is 0.926. The Kier molecular flexibility index (Phi) is 6.01. The van der Waals surface area contributed by atoms with E-state index in [4.69, 9.17) is 16.3 Å². The lowest BCUT2D eigenvalue weighted by molar-refractivity contribution is -0.128. The minimum atomic E-state index is -0.385. The van der Waals surface area contributed by atoms with Crippen LogP contribution in [-0.2, 0) is 16.1 Å². The quantitative estimate of drug-likeness (QED) is 0.613. The van der Waals surface area contributed by atoms with Gasteiger partial charge in [0.15, 0.2) is 5.13 Å². The number of hydrogen-bond donors (Lipinski definition) is 1. The van der Waals surface area contributed by atoms with Gasteiger partial charge in [0.1, 0.15) is 5.75 Å². The first-order valence-corrected chi connectivity index (χ1v) is 10.7. The van der Waals surface area contributed by atoms with Gasteiger partial charge in [0.2, 0.25) is 11.8 Å². The molecule has 1 aliphatic heterocycles. The second kappa shape index (κ2) is 8.85. The Hall–Kier alpha value is -2.90. The molecule has 1 aliphatic rings. The van der Waals surface area contributed by atoms with E-state index in [1.54, 1.807) is 24.1 Å². The molecule has 0 spiro atoms. The van der Waals surface area contributed by atoms with E-state index < -0.39 is 0 Å². The van der Waals surface area contributed by atoms with E-state index in [2.05, 4.69) is 10.3 Å². The zero-order valence-electron chi connectivity index (χ0n) is 16.3. The maximum Gasteiger partial charge on any atom is 0.231 e. The van der Waals surface area contributed by atoms with Crippen LogP contribution in [0.25, 0.3) is 11.3 Å². The Labute approximate surface area is 183 Å². The zero-order chi connectivity index (χ0) is 21.1. The topological polar surface area (TPSA) is 71.5 Å². The number of aromatic nitrogens is 1. The monoisotopic (exact) mass is 441 g/mol. The van der Waals surface area contributed by atoms with Gasteiger partial charge in [-0.1, -0.05) is 41.9 Å². The summed E-state index contributed by atoms with van der Waals surface area (Å²) in [5, 5.41) is 5.70. The smallest absolute Gasteiger partial charge is 0.231 e. The number of anilines is 1. The molecular formula is C22H20ClN3O3S. The Bertz CT molecular complexity index is 1070. The van der Waals surface area contributed by atoms with Gasteiger partial charge in [0, 0.05) is 30.5 Å². The molecule has 2 aromatic carbocycles. The average Bonchev–Trinajstić information content (AvgIpc) is 3.36. The summed E-state index contributed by atoms with van der Waals surface area (Å²) in [6.07, 6.45) is 0.213. The standard InChI is InChI=1S/C22H20ClN3O3S/c1-29-19-8-7-15(9-17(19)23)18-13-30-22(24-18)25-21(28)16-10-20(27)26(12-16)11-14-5-3-2-4-6-14/h2-9,13,16H,10-12H2,1H3,(H,24,25,28). The van der Waals surface area contributed by atoms with Gasteiger partial charge >= 0.3 is 0 Å². The SMILES string of the molecule is COc1ccc(-c2csc(NC(=O)C3CC(=O)N(Cc4ccccc4)C3)n2)cc1Cl. The molecule has 0 saturated carbocycles. The first-order chi connectivity index (χ1) is 14.5. The number of ether oxygens (including phenoxy) is 1. The van der Waals surface area contributed by atoms with Crippen LogP contribution in [0.5, 0.6) is 5.75 Å². The van der Waals surface area contributed by atoms with Crippen molar-refractivity contribution in [2.24, 2.45) is 5.92 Å². The number of hydrogen-bond acceptors (Lipinski definition) is 5. The molecule has 3 aromatic rings. The fraction of sp³-hybridized carbons (Fsp3) is 0.227. The van der Waals surface area contributed by atoms with Gasteiger partial charge in [-0.25, -0.2) is 4.98 Å². The largest absolute Gasteiger partial charge is 0.495 e. The molecule has 6 nitrogen and oxygen atoms in total. The number of carbonyl (C=O) groups is 2. The molecule has 1 aromatic heterocycles. The summed E-state index contributed by atoms with van der Waals surface area (Å²) in [5.74, 6) is 0.0124. The summed E-state index contributed by atoms with van der Waals surface area (Å²) in [4.78, 5) is 31.2. The van der Waals surface area contributed by atoms with E-state index >= 15 is 0 Å². The molecular weight excluding hydrogens is 422 g/mol. The molecule has 1 unspecified atom stereocenters. The van der Waals surface area contributed by atoms with Crippen molar-refractivity contribution in [3.63, 3.8) is 0 Å². The van der Waals surface area contributed by atoms with Crippen molar-refractivity contribution in [2.75, 3.05) is 19.0 Å². The van der Waals surface area contributed by atoms with Gasteiger partial charge in [-0.05, 0) is 23.8 Å². The van der Waals surface area contributed by atoms with Crippen molar-refractivity contribution in [1.29, 1.82) is 0 Å². The van der Waals surface area contributed by atoms with Crippen molar-refractivity contribution in [1.82, 2.24) is 9.88 Å². The third kappa shape index (κ3) is 4.47. The molecule has 2 amide bonds. The molecule has 0 bridgehead atoms. The number of rotatable bonds is 6. The second-order valence-electron chi connectivity index (χ2n) is 7.04. The van der Waals surface area contributed by atoms with E-state index in [1.807, 2.05) is 41.8 Å². The third-order valence-electron chi connectivity index (χ3n) is 4.98. The molecule has 0 radical (unpaired) electrons. The summed E-state index contributed by atoms with van der Waals surface area (Å²) < 4.78 is 5.17. The number of likely N-dealkylation sites (tertiary alicyclic amines) is 1. The highest BCUT2D eigenvalue weighted by Crippen LogP contribution is 2.32. The minimum Gasteiger partial charge on any atom is -0.495 e. The molecule has 4 rings (SSSR count). The van der Waals surface area contributed by atoms with Crippen LogP contribution in [0.3, 0.4) is 0 Å². The number of carbonyl (C=O) groups excluding carboxylic acids is 2. The Morgan fingerprint density at radius 2 is 2.10 bits per heavy atom. The fourth-order valence-electron chi connectivity index (χ4n) is 3.40. The third-order valence-corrected chi connectivity index (χ3v) is 6.04. The number of methoxy groups -OCH3 is 1. The molecule has 154 valence electrons. The van der Waals surface area contributed by atoms with Crippen LogP contribution < -0.4 is 10.1 Å². The first-order valence-electron chi connectivity index (χ1n) is 9.45. The summed E-state index contributed by atoms with van der Waals surface area (Å²) in [6, 6.07) is 15.2. The molecule has 2 heterocycles. The maximum absolute atomic E-state index is 12.7. The number of amides is 2. The van der Waals surface area contributed by atoms with Crippen molar-refractivity contribution < 1.29 is 14.3 Å². The lowest BCUT2D eigenvalue weighted by Crippen LogP contribution is -2.28. The lowest BCUT2D eigenvalue weighted by Gasteiger charge is -2.16. The molecule has 1 fully saturated rings. The first kappa shape index (κ1) is 20.4. The van der Waals surface area contributed by atoms with Crippen molar-refractivity contribution in [2.45, 2.75) is 13.0 Å². The van der Waals surface area contributed by atoms with Crippen LogP contribution in [0, 0.1) is 5.92 Å². The fourth-order valence-corrected chi connectivity index (χ4v) is 4.38. The molecule has 1 N–H and O–H groups in total. The van der Waals surface area contributed by atoms with E-state index in [9.17, 15) is 9.59 Å². The summed E-state index contributed by atoms with van der Waals surface area (Å²) in [7, 11) is 1.56. The number of nitrogens with one attached hydrogen (secondary N) is 1. The minimum absolute atomic E-state index is 0.00768. The highest BCUT2D eigenvalue weighted by Gasteiger charge is 2.34. The molecule has 1 atom stereocenters. The van der Waals surface area contributed by atoms with Crippen LogP contribution in [-0.4, -0.2) is 35.4 Å². The van der Waals surface area contributed by atoms with Crippen LogP contribution in [0.2, 0.25) is 5.02 Å². The van der Waals surface area contributed by atoms with E-state index in [-0.39, 0.29) is 24.2 Å². The highest BCUT2D eigenvalue weighted by atomic mass is 35.5. The maximum atomic E-state index is 12.7. The number of nitrogens with zero attached hydrogens (tertiary/aromatic N) is 2. The van der Waals surface area contributed by atoms with Gasteiger partial charge in [-0.2, -0.15) is 0 Å². The van der Waals surface area contributed by atoms with Crippen LogP contribution in [0.15, 0.2) is 53.9 Å². The van der Waals surface area contributed by atoms with Crippen molar-refractivity contribution >= 4 is 39.9 Å². The van der Waals surface area contributed by atoms with Crippen LogP contribution in [0.1, 0.15) is 12.0 Å². The highest BCUT2D eigenvalue weighted by molar-refractivity contribution is 7.14. The van der Waals surface area contributed by atoms with Gasteiger partial charge < -0.3 is 15.0 Å². The Morgan fingerprint density at radius 1 is 1.30 bits per heavy atom. The summed E-state index contributed by atoms with van der Waals surface area (Å²) >= 11 is 7.52. The molecule has 8 heteroatoms. The predicted molar refractivity (Wildman–Crippen MR) is 118 cm³/mol. The van der Waals surface area contributed by atoms with E-state index in [0.717, 1.165) is 11.1 Å². The van der Waals surface area contributed by atoms with E-state index in [1.165, 1.54) is 11.3 Å². The zero-order valence-corrected chi connectivity index (χ0v) is 17.9. The van der Waals surface area contributed by atoms with Crippen molar-refractivity contribution in [3.8, 4) is 17.0 Å². The average molecular weight is 442 g/mol. The molecule has 0 aliphatic carbocycles. The van der Waals surface area contributed by atoms with Gasteiger partial charge in [-0.15, -0.1) is 11.3 Å². The number of thiazole rings is 1. The lowest BCUT2D eigenvalue weighted by atomic mass is 10.1. The predicted octanol–water partition coefficient (Wildman–Crippen LogP) is 4.46. The summed E-state index contributed by atoms with van der Waals surface area (Å²) in [5.41, 5.74) is 2.60. The van der Waals surface area contributed by atoms with Gasteiger partial charge in [0.05, 0.1) is 23.7 Å².